The lowest BCUT2D eigenvalue weighted by molar-refractivity contribution is 0.617. The average molecular weight is 269 g/mol. The second-order valence-electron chi connectivity index (χ2n) is 4.27. The van der Waals surface area contributed by atoms with Crippen LogP contribution in [0, 0.1) is 5.82 Å². The fourth-order valence-corrected chi connectivity index (χ4v) is 1.99. The molecular formula is C14H12FN5. The average Bonchev–Trinajstić information content (AvgIpc) is 2.48. The van der Waals surface area contributed by atoms with E-state index in [2.05, 4.69) is 20.3 Å². The van der Waals surface area contributed by atoms with Crippen molar-refractivity contribution in [2.75, 3.05) is 11.1 Å². The summed E-state index contributed by atoms with van der Waals surface area (Å²) in [5.41, 5.74) is 7.28. The van der Waals surface area contributed by atoms with Crippen molar-refractivity contribution in [1.82, 2.24) is 15.0 Å². The van der Waals surface area contributed by atoms with Crippen molar-refractivity contribution in [2.45, 2.75) is 6.54 Å². The SMILES string of the molecule is Nc1ncc(F)c(NCc2cccc3cccnc23)n1. The molecule has 5 nitrogen and oxygen atoms in total. The van der Waals surface area contributed by atoms with E-state index in [1.54, 1.807) is 6.20 Å². The minimum absolute atomic E-state index is 0.0324. The molecule has 2 heterocycles. The minimum Gasteiger partial charge on any atom is -0.368 e. The Kier molecular flexibility index (Phi) is 3.12. The number of anilines is 2. The largest absolute Gasteiger partial charge is 0.368 e. The highest BCUT2D eigenvalue weighted by molar-refractivity contribution is 5.81. The summed E-state index contributed by atoms with van der Waals surface area (Å²) < 4.78 is 13.5. The first kappa shape index (κ1) is 12.3. The van der Waals surface area contributed by atoms with Gasteiger partial charge in [-0.1, -0.05) is 24.3 Å². The van der Waals surface area contributed by atoms with Crippen LogP contribution in [-0.4, -0.2) is 15.0 Å². The van der Waals surface area contributed by atoms with Crippen molar-refractivity contribution in [3.63, 3.8) is 0 Å². The van der Waals surface area contributed by atoms with Crippen LogP contribution in [0.4, 0.5) is 16.2 Å². The number of nitrogens with one attached hydrogen (secondary N) is 1. The lowest BCUT2D eigenvalue weighted by atomic mass is 10.1. The zero-order chi connectivity index (χ0) is 13.9. The van der Waals surface area contributed by atoms with Crippen LogP contribution in [0.2, 0.25) is 0 Å². The van der Waals surface area contributed by atoms with E-state index in [4.69, 9.17) is 5.73 Å². The van der Waals surface area contributed by atoms with Crippen molar-refractivity contribution < 1.29 is 4.39 Å². The maximum absolute atomic E-state index is 13.5. The number of aromatic nitrogens is 3. The normalized spacial score (nSPS) is 10.7. The van der Waals surface area contributed by atoms with Crippen molar-refractivity contribution >= 4 is 22.7 Å². The number of hydrogen-bond donors (Lipinski definition) is 2. The van der Waals surface area contributed by atoms with Gasteiger partial charge in [-0.05, 0) is 11.6 Å². The third-order valence-electron chi connectivity index (χ3n) is 2.93. The molecule has 3 rings (SSSR count). The Morgan fingerprint density at radius 3 is 2.90 bits per heavy atom. The molecule has 6 heteroatoms. The third kappa shape index (κ3) is 2.35. The molecule has 2 aromatic heterocycles. The van der Waals surface area contributed by atoms with Crippen LogP contribution in [0.3, 0.4) is 0 Å². The first-order chi connectivity index (χ1) is 9.74. The highest BCUT2D eigenvalue weighted by Crippen LogP contribution is 2.18. The molecule has 0 amide bonds. The van der Waals surface area contributed by atoms with E-state index in [1.165, 1.54) is 0 Å². The molecule has 0 saturated carbocycles. The summed E-state index contributed by atoms with van der Waals surface area (Å²) in [5, 5.41) is 3.95. The van der Waals surface area contributed by atoms with E-state index >= 15 is 0 Å². The third-order valence-corrected chi connectivity index (χ3v) is 2.93. The Hall–Kier alpha value is -2.76. The number of benzene rings is 1. The van der Waals surface area contributed by atoms with Gasteiger partial charge in [-0.3, -0.25) is 4.98 Å². The summed E-state index contributed by atoms with van der Waals surface area (Å²) >= 11 is 0. The molecule has 0 aliphatic heterocycles. The maximum Gasteiger partial charge on any atom is 0.222 e. The number of para-hydroxylation sites is 1. The highest BCUT2D eigenvalue weighted by atomic mass is 19.1. The smallest absolute Gasteiger partial charge is 0.222 e. The van der Waals surface area contributed by atoms with Gasteiger partial charge in [0, 0.05) is 18.1 Å². The number of nitrogens with zero attached hydrogens (tertiary/aromatic N) is 3. The van der Waals surface area contributed by atoms with Gasteiger partial charge in [0.2, 0.25) is 5.95 Å². The second kappa shape index (κ2) is 5.08. The topological polar surface area (TPSA) is 76.7 Å². The van der Waals surface area contributed by atoms with Crippen LogP contribution in [0.1, 0.15) is 5.56 Å². The lowest BCUT2D eigenvalue weighted by Gasteiger charge is -2.08. The molecule has 0 unspecified atom stereocenters. The number of fused-ring (bicyclic) bond motifs is 1. The zero-order valence-corrected chi connectivity index (χ0v) is 10.5. The monoisotopic (exact) mass is 269 g/mol. The van der Waals surface area contributed by atoms with E-state index < -0.39 is 5.82 Å². The van der Waals surface area contributed by atoms with Crippen molar-refractivity contribution in [3.8, 4) is 0 Å². The van der Waals surface area contributed by atoms with Gasteiger partial charge in [0.1, 0.15) is 0 Å². The van der Waals surface area contributed by atoms with Gasteiger partial charge in [0.05, 0.1) is 11.7 Å². The van der Waals surface area contributed by atoms with Gasteiger partial charge in [-0.25, -0.2) is 9.37 Å². The predicted molar refractivity (Wildman–Crippen MR) is 75.5 cm³/mol. The summed E-state index contributed by atoms with van der Waals surface area (Å²) in [6.45, 7) is 0.404. The molecule has 20 heavy (non-hydrogen) atoms. The molecule has 3 N–H and O–H groups in total. The summed E-state index contributed by atoms with van der Waals surface area (Å²) in [7, 11) is 0. The Balaban J connectivity index is 1.89. The summed E-state index contributed by atoms with van der Waals surface area (Å²) in [5.74, 6) is -0.414. The molecule has 0 aliphatic carbocycles. The van der Waals surface area contributed by atoms with Gasteiger partial charge >= 0.3 is 0 Å². The first-order valence-electron chi connectivity index (χ1n) is 6.08. The molecule has 0 fully saturated rings. The van der Waals surface area contributed by atoms with Gasteiger partial charge in [-0.15, -0.1) is 0 Å². The maximum atomic E-state index is 13.5. The molecule has 0 saturated heterocycles. The number of halogens is 1. The van der Waals surface area contributed by atoms with Gasteiger partial charge in [-0.2, -0.15) is 4.98 Å². The molecule has 3 aromatic rings. The molecule has 1 aromatic carbocycles. The number of pyridine rings is 1. The summed E-state index contributed by atoms with van der Waals surface area (Å²) in [6, 6.07) is 9.71. The zero-order valence-electron chi connectivity index (χ0n) is 10.5. The Labute approximate surface area is 114 Å². The highest BCUT2D eigenvalue weighted by Gasteiger charge is 2.06. The van der Waals surface area contributed by atoms with Crippen molar-refractivity contribution in [1.29, 1.82) is 0 Å². The quantitative estimate of drug-likeness (QED) is 0.763. The van der Waals surface area contributed by atoms with E-state index in [9.17, 15) is 4.39 Å². The van der Waals surface area contributed by atoms with E-state index in [0.29, 0.717) is 6.54 Å². The van der Waals surface area contributed by atoms with E-state index in [1.807, 2.05) is 30.3 Å². The van der Waals surface area contributed by atoms with Gasteiger partial charge < -0.3 is 11.1 Å². The molecule has 0 radical (unpaired) electrons. The van der Waals surface area contributed by atoms with Gasteiger partial charge in [0.15, 0.2) is 11.6 Å². The Morgan fingerprint density at radius 1 is 1.15 bits per heavy atom. The van der Waals surface area contributed by atoms with Gasteiger partial charge in [0.25, 0.3) is 0 Å². The number of nitrogen functional groups attached to an aromatic ring is 1. The first-order valence-corrected chi connectivity index (χ1v) is 6.08. The van der Waals surface area contributed by atoms with Crippen molar-refractivity contribution in [2.24, 2.45) is 0 Å². The molecule has 0 spiro atoms. The Morgan fingerprint density at radius 2 is 2.00 bits per heavy atom. The summed E-state index contributed by atoms with van der Waals surface area (Å²) in [6.07, 6.45) is 2.78. The molecule has 0 atom stereocenters. The predicted octanol–water partition coefficient (Wildman–Crippen LogP) is 2.36. The number of rotatable bonds is 3. The van der Waals surface area contributed by atoms with E-state index in [-0.39, 0.29) is 11.8 Å². The van der Waals surface area contributed by atoms with Crippen molar-refractivity contribution in [3.05, 3.63) is 54.1 Å². The van der Waals surface area contributed by atoms with Crippen LogP contribution in [0.25, 0.3) is 10.9 Å². The molecular weight excluding hydrogens is 257 g/mol. The molecule has 0 bridgehead atoms. The standard InChI is InChI=1S/C14H12FN5/c15-11-8-19-14(16)20-13(11)18-7-10-4-1-3-9-5-2-6-17-12(9)10/h1-6,8H,7H2,(H3,16,18,19,20). The van der Waals surface area contributed by atoms with Crippen LogP contribution in [-0.2, 0) is 6.54 Å². The molecule has 0 aliphatic rings. The fraction of sp³-hybridized carbons (Fsp3) is 0.0714. The lowest BCUT2D eigenvalue weighted by Crippen LogP contribution is -2.07. The molecule has 100 valence electrons. The minimum atomic E-state index is -0.535. The van der Waals surface area contributed by atoms with Crippen LogP contribution >= 0.6 is 0 Å². The van der Waals surface area contributed by atoms with Crippen LogP contribution in [0.15, 0.2) is 42.7 Å². The van der Waals surface area contributed by atoms with Crippen LogP contribution in [0.5, 0.6) is 0 Å². The fourth-order valence-electron chi connectivity index (χ4n) is 1.99. The number of hydrogen-bond acceptors (Lipinski definition) is 5. The van der Waals surface area contributed by atoms with Crippen LogP contribution < -0.4 is 11.1 Å². The Bertz CT molecular complexity index is 754. The summed E-state index contributed by atoms with van der Waals surface area (Å²) in [4.78, 5) is 11.8. The second-order valence-corrected chi connectivity index (χ2v) is 4.27. The number of nitrogens with two attached hydrogens (primary N) is 1. The van der Waals surface area contributed by atoms with E-state index in [0.717, 1.165) is 22.7 Å².